The number of hydrogen-bond acceptors (Lipinski definition) is 4. The number of piperidine rings is 1. The van der Waals surface area contributed by atoms with Crippen molar-refractivity contribution < 1.29 is 18.0 Å². The van der Waals surface area contributed by atoms with Crippen molar-refractivity contribution in [3.63, 3.8) is 0 Å². The molecule has 1 N–H and O–H groups in total. The van der Waals surface area contributed by atoms with Gasteiger partial charge in [0.15, 0.2) is 11.5 Å². The molecule has 0 aliphatic carbocycles. The summed E-state index contributed by atoms with van der Waals surface area (Å²) in [6.45, 7) is 4.44. The lowest BCUT2D eigenvalue weighted by Crippen LogP contribution is -2.42. The van der Waals surface area contributed by atoms with Crippen LogP contribution in [0.5, 0.6) is 0 Å². The molecular formula is C23H23F3N4O. The predicted octanol–water partition coefficient (Wildman–Crippen LogP) is 5.12. The summed E-state index contributed by atoms with van der Waals surface area (Å²) in [5, 5.41) is 2.94. The van der Waals surface area contributed by atoms with Crippen LogP contribution in [-0.2, 0) is 11.0 Å². The summed E-state index contributed by atoms with van der Waals surface area (Å²) in [5.74, 6) is -0.848. The molecule has 1 aliphatic heterocycles. The van der Waals surface area contributed by atoms with E-state index in [1.54, 1.807) is 23.1 Å². The molecule has 31 heavy (non-hydrogen) atoms. The third kappa shape index (κ3) is 4.33. The van der Waals surface area contributed by atoms with Crippen LogP contribution in [-0.4, -0.2) is 29.0 Å². The molecule has 0 radical (unpaired) electrons. The number of aryl methyl sites for hydroxylation is 1. The Morgan fingerprint density at radius 1 is 1.06 bits per heavy atom. The zero-order valence-electron chi connectivity index (χ0n) is 17.3. The first-order valence-corrected chi connectivity index (χ1v) is 10.2. The minimum Gasteiger partial charge on any atom is -0.354 e. The molecule has 162 valence electrons. The van der Waals surface area contributed by atoms with E-state index in [0.717, 1.165) is 16.8 Å². The summed E-state index contributed by atoms with van der Waals surface area (Å²) in [6.07, 6.45) is -3.44. The monoisotopic (exact) mass is 428 g/mol. The number of benzene rings is 2. The Morgan fingerprint density at radius 3 is 2.48 bits per heavy atom. The number of nitrogens with zero attached hydrogens (tertiary/aromatic N) is 3. The smallest absolute Gasteiger partial charge is 0.354 e. The van der Waals surface area contributed by atoms with Crippen LogP contribution in [0.4, 0.5) is 24.7 Å². The highest BCUT2D eigenvalue weighted by atomic mass is 19.4. The Kier molecular flexibility index (Phi) is 5.56. The van der Waals surface area contributed by atoms with Crippen molar-refractivity contribution in [3.8, 4) is 0 Å². The van der Waals surface area contributed by atoms with Crippen molar-refractivity contribution in [2.45, 2.75) is 32.9 Å². The Balaban J connectivity index is 1.62. The number of amides is 1. The molecule has 1 aromatic heterocycles. The standard InChI is InChI=1S/C23H23F3N4O/c1-14-7-5-11-17(15(14)2)29-22(31)16-8-6-12-30(13-16)21-20(23(24,25)26)27-18-9-3-4-10-19(18)28-21/h3-5,7,9-11,16H,6,8,12-13H2,1-2H3,(H,29,31). The van der Waals surface area contributed by atoms with Gasteiger partial charge in [0.05, 0.1) is 17.0 Å². The van der Waals surface area contributed by atoms with E-state index in [1.165, 1.54) is 6.07 Å². The fraction of sp³-hybridized carbons (Fsp3) is 0.348. The molecule has 3 aromatic rings. The Hall–Kier alpha value is -3.16. The quantitative estimate of drug-likeness (QED) is 0.629. The first kappa shape index (κ1) is 21.1. The van der Waals surface area contributed by atoms with E-state index in [0.29, 0.717) is 24.9 Å². The second kappa shape index (κ2) is 8.17. The number of hydrogen-bond donors (Lipinski definition) is 1. The largest absolute Gasteiger partial charge is 0.437 e. The van der Waals surface area contributed by atoms with Crippen LogP contribution in [0.15, 0.2) is 42.5 Å². The highest BCUT2D eigenvalue weighted by Gasteiger charge is 2.40. The van der Waals surface area contributed by atoms with Crippen LogP contribution in [0.3, 0.4) is 0 Å². The summed E-state index contributed by atoms with van der Waals surface area (Å²) in [6, 6.07) is 12.2. The van der Waals surface area contributed by atoms with Gasteiger partial charge in [0.25, 0.3) is 0 Å². The second-order valence-electron chi connectivity index (χ2n) is 7.90. The molecule has 1 aliphatic rings. The van der Waals surface area contributed by atoms with Gasteiger partial charge in [0.2, 0.25) is 5.91 Å². The number of rotatable bonds is 3. The molecule has 0 saturated carbocycles. The van der Waals surface area contributed by atoms with Crippen molar-refractivity contribution in [2.75, 3.05) is 23.3 Å². The van der Waals surface area contributed by atoms with Crippen molar-refractivity contribution >= 4 is 28.4 Å². The van der Waals surface area contributed by atoms with Crippen LogP contribution >= 0.6 is 0 Å². The van der Waals surface area contributed by atoms with Crippen LogP contribution in [0.1, 0.15) is 29.7 Å². The average Bonchev–Trinajstić information content (AvgIpc) is 2.75. The maximum absolute atomic E-state index is 13.7. The van der Waals surface area contributed by atoms with Crippen LogP contribution in [0.2, 0.25) is 0 Å². The van der Waals surface area contributed by atoms with Crippen molar-refractivity contribution in [1.29, 1.82) is 0 Å². The van der Waals surface area contributed by atoms with Gasteiger partial charge in [-0.2, -0.15) is 13.2 Å². The average molecular weight is 428 g/mol. The Morgan fingerprint density at radius 2 is 1.77 bits per heavy atom. The van der Waals surface area contributed by atoms with Gasteiger partial charge in [-0.1, -0.05) is 24.3 Å². The highest BCUT2D eigenvalue weighted by Crippen LogP contribution is 2.37. The zero-order chi connectivity index (χ0) is 22.2. The van der Waals surface area contributed by atoms with Crippen LogP contribution in [0, 0.1) is 19.8 Å². The van der Waals surface area contributed by atoms with Gasteiger partial charge < -0.3 is 10.2 Å². The lowest BCUT2D eigenvalue weighted by Gasteiger charge is -2.34. The molecule has 1 saturated heterocycles. The third-order valence-electron chi connectivity index (χ3n) is 5.77. The lowest BCUT2D eigenvalue weighted by atomic mass is 9.96. The van der Waals surface area contributed by atoms with E-state index in [9.17, 15) is 18.0 Å². The summed E-state index contributed by atoms with van der Waals surface area (Å²) < 4.78 is 41.2. The lowest BCUT2D eigenvalue weighted by molar-refractivity contribution is -0.140. The van der Waals surface area contributed by atoms with Crippen molar-refractivity contribution in [3.05, 3.63) is 59.3 Å². The molecule has 0 spiro atoms. The number of carbonyl (C=O) groups is 1. The molecule has 1 unspecified atom stereocenters. The summed E-state index contributed by atoms with van der Waals surface area (Å²) >= 11 is 0. The van der Waals surface area contributed by atoms with E-state index < -0.39 is 17.8 Å². The number of anilines is 2. The number of alkyl halides is 3. The molecule has 8 heteroatoms. The molecule has 2 aromatic carbocycles. The van der Waals surface area contributed by atoms with Gasteiger partial charge in [-0.3, -0.25) is 4.79 Å². The van der Waals surface area contributed by atoms with Gasteiger partial charge in [0, 0.05) is 18.8 Å². The molecule has 0 bridgehead atoms. The molecule has 4 rings (SSSR count). The van der Waals surface area contributed by atoms with Gasteiger partial charge in [0.1, 0.15) is 0 Å². The molecule has 5 nitrogen and oxygen atoms in total. The number of halogens is 3. The normalized spacial score (nSPS) is 17.1. The summed E-state index contributed by atoms with van der Waals surface area (Å²) in [4.78, 5) is 22.6. The number of carbonyl (C=O) groups excluding carboxylic acids is 1. The molecule has 1 atom stereocenters. The minimum absolute atomic E-state index is 0.160. The molecular weight excluding hydrogens is 405 g/mol. The highest BCUT2D eigenvalue weighted by molar-refractivity contribution is 5.94. The van der Waals surface area contributed by atoms with Gasteiger partial charge in [-0.15, -0.1) is 0 Å². The first-order chi connectivity index (χ1) is 14.7. The topological polar surface area (TPSA) is 58.1 Å². The Labute approximate surface area is 178 Å². The van der Waals surface area contributed by atoms with E-state index in [2.05, 4.69) is 15.3 Å². The van der Waals surface area contributed by atoms with Crippen molar-refractivity contribution in [2.24, 2.45) is 5.92 Å². The van der Waals surface area contributed by atoms with E-state index >= 15 is 0 Å². The maximum atomic E-state index is 13.7. The minimum atomic E-state index is -4.64. The molecule has 1 fully saturated rings. The predicted molar refractivity (Wildman–Crippen MR) is 114 cm³/mol. The van der Waals surface area contributed by atoms with Gasteiger partial charge >= 0.3 is 6.18 Å². The van der Waals surface area contributed by atoms with Crippen LogP contribution < -0.4 is 10.2 Å². The fourth-order valence-corrected chi connectivity index (χ4v) is 3.91. The maximum Gasteiger partial charge on any atom is 0.437 e. The zero-order valence-corrected chi connectivity index (χ0v) is 17.3. The van der Waals surface area contributed by atoms with Gasteiger partial charge in [-0.25, -0.2) is 9.97 Å². The fourth-order valence-electron chi connectivity index (χ4n) is 3.91. The van der Waals surface area contributed by atoms with E-state index in [-0.39, 0.29) is 23.8 Å². The number of para-hydroxylation sites is 2. The van der Waals surface area contributed by atoms with Crippen LogP contribution in [0.25, 0.3) is 11.0 Å². The number of nitrogens with one attached hydrogen (secondary N) is 1. The number of fused-ring (bicyclic) bond motifs is 1. The van der Waals surface area contributed by atoms with E-state index in [1.807, 2.05) is 32.0 Å². The second-order valence-corrected chi connectivity index (χ2v) is 7.90. The number of aromatic nitrogens is 2. The Bertz CT molecular complexity index is 1130. The third-order valence-corrected chi connectivity index (χ3v) is 5.77. The first-order valence-electron chi connectivity index (χ1n) is 10.2. The molecule has 1 amide bonds. The summed E-state index contributed by atoms with van der Waals surface area (Å²) in [5.41, 5.74) is 2.34. The SMILES string of the molecule is Cc1cccc(NC(=O)C2CCCN(c3nc4ccccc4nc3C(F)(F)F)C2)c1C. The van der Waals surface area contributed by atoms with Crippen molar-refractivity contribution in [1.82, 2.24) is 9.97 Å². The van der Waals surface area contributed by atoms with E-state index in [4.69, 9.17) is 0 Å². The summed E-state index contributed by atoms with van der Waals surface area (Å²) in [7, 11) is 0. The van der Waals surface area contributed by atoms with Gasteiger partial charge in [-0.05, 0) is 56.0 Å². The molecule has 2 heterocycles.